The van der Waals surface area contributed by atoms with E-state index in [1.165, 1.54) is 12.8 Å². The Bertz CT molecular complexity index is 1090. The second-order valence-corrected chi connectivity index (χ2v) is 10.0. The Morgan fingerprint density at radius 3 is 2.55 bits per heavy atom. The van der Waals surface area contributed by atoms with Gasteiger partial charge in [-0.25, -0.2) is 14.4 Å². The smallest absolute Gasteiger partial charge is 0.263 e. The van der Waals surface area contributed by atoms with Gasteiger partial charge in [-0.15, -0.1) is 0 Å². The van der Waals surface area contributed by atoms with Crippen LogP contribution in [0.5, 0.6) is 0 Å². The van der Waals surface area contributed by atoms with Crippen molar-refractivity contribution in [2.24, 2.45) is 17.5 Å². The predicted molar refractivity (Wildman–Crippen MR) is 131 cm³/mol. The van der Waals surface area contributed by atoms with Gasteiger partial charge >= 0.3 is 0 Å². The number of hydrogen-bond acceptors (Lipinski definition) is 4. The zero-order chi connectivity index (χ0) is 23.8. The SMILES string of the molecule is C=N/C(=C\c1cc(-c2cnc(C)n2C)ccc1C)NC(=O)C1(F)CCN(CC2(C)CC2)CC1. The number of alkyl halides is 1. The number of carbonyl (C=O) groups is 1. The average molecular weight is 452 g/mol. The van der Waals surface area contributed by atoms with Crippen molar-refractivity contribution < 1.29 is 9.18 Å². The molecule has 0 atom stereocenters. The summed E-state index contributed by atoms with van der Waals surface area (Å²) >= 11 is 0. The molecule has 1 saturated heterocycles. The molecule has 0 unspecified atom stereocenters. The standard InChI is InChI=1S/C26H34FN5O/c1-18-6-7-20(22-16-29-19(2)31(22)5)14-21(18)15-23(28-4)30-24(33)26(27)10-12-32(13-11-26)17-25(3)8-9-25/h6-7,14-16H,4,8-13,17H2,1-3,5H3,(H,30,33)/b23-15+. The summed E-state index contributed by atoms with van der Waals surface area (Å²) in [6.07, 6.45) is 6.47. The molecule has 176 valence electrons. The molecule has 6 nitrogen and oxygen atoms in total. The zero-order valence-electron chi connectivity index (χ0n) is 20.1. The highest BCUT2D eigenvalue weighted by atomic mass is 19.1. The number of rotatable bonds is 7. The van der Waals surface area contributed by atoms with Crippen LogP contribution < -0.4 is 5.32 Å². The molecule has 2 heterocycles. The van der Waals surface area contributed by atoms with Crippen LogP contribution in [-0.2, 0) is 11.8 Å². The number of amides is 1. The van der Waals surface area contributed by atoms with Crippen molar-refractivity contribution in [2.75, 3.05) is 19.6 Å². The number of aryl methyl sites for hydroxylation is 2. The molecule has 1 aliphatic carbocycles. The first kappa shape index (κ1) is 23.4. The van der Waals surface area contributed by atoms with Gasteiger partial charge in [0.05, 0.1) is 11.9 Å². The van der Waals surface area contributed by atoms with Crippen LogP contribution in [0.1, 0.15) is 49.6 Å². The first-order valence-electron chi connectivity index (χ1n) is 11.6. The number of likely N-dealkylation sites (tertiary alicyclic amines) is 1. The fraction of sp³-hybridized carbons (Fsp3) is 0.500. The van der Waals surface area contributed by atoms with Gasteiger partial charge in [0.15, 0.2) is 5.67 Å². The summed E-state index contributed by atoms with van der Waals surface area (Å²) in [7, 11) is 1.97. The molecule has 2 aliphatic rings. The van der Waals surface area contributed by atoms with E-state index in [4.69, 9.17) is 0 Å². The first-order chi connectivity index (χ1) is 15.6. The predicted octanol–water partition coefficient (Wildman–Crippen LogP) is 4.42. The first-order valence-corrected chi connectivity index (χ1v) is 11.6. The fourth-order valence-electron chi connectivity index (χ4n) is 4.43. The van der Waals surface area contributed by atoms with E-state index in [-0.39, 0.29) is 18.7 Å². The van der Waals surface area contributed by atoms with Gasteiger partial charge in [-0.2, -0.15) is 0 Å². The summed E-state index contributed by atoms with van der Waals surface area (Å²) in [6.45, 7) is 12.0. The van der Waals surface area contributed by atoms with Crippen LogP contribution in [0.3, 0.4) is 0 Å². The lowest BCUT2D eigenvalue weighted by atomic mass is 9.91. The van der Waals surface area contributed by atoms with Crippen LogP contribution >= 0.6 is 0 Å². The minimum Gasteiger partial charge on any atom is -0.331 e. The van der Waals surface area contributed by atoms with Crippen LogP contribution in [0.15, 0.2) is 35.2 Å². The van der Waals surface area contributed by atoms with Crippen molar-refractivity contribution in [1.82, 2.24) is 19.8 Å². The van der Waals surface area contributed by atoms with Crippen molar-refractivity contribution in [1.29, 1.82) is 0 Å². The summed E-state index contributed by atoms with van der Waals surface area (Å²) < 4.78 is 17.5. The molecule has 1 aliphatic heterocycles. The molecule has 0 spiro atoms. The molecule has 1 amide bonds. The van der Waals surface area contributed by atoms with Crippen molar-refractivity contribution in [3.63, 3.8) is 0 Å². The van der Waals surface area contributed by atoms with E-state index < -0.39 is 11.6 Å². The number of imidazole rings is 1. The van der Waals surface area contributed by atoms with Gasteiger partial charge in [0.1, 0.15) is 11.6 Å². The highest BCUT2D eigenvalue weighted by molar-refractivity contribution is 5.87. The monoisotopic (exact) mass is 451 g/mol. The topological polar surface area (TPSA) is 62.5 Å². The molecule has 1 aromatic heterocycles. The molecule has 2 aromatic rings. The summed E-state index contributed by atoms with van der Waals surface area (Å²) in [5.74, 6) is 0.551. The maximum Gasteiger partial charge on any atom is 0.263 e. The van der Waals surface area contributed by atoms with Gasteiger partial charge in [0, 0.05) is 45.1 Å². The molecular weight excluding hydrogens is 417 g/mol. The maximum atomic E-state index is 15.5. The number of halogens is 1. The minimum atomic E-state index is -1.88. The molecular formula is C26H34FN5O. The van der Waals surface area contributed by atoms with Gasteiger partial charge < -0.3 is 14.8 Å². The van der Waals surface area contributed by atoms with Gasteiger partial charge in [-0.3, -0.25) is 4.79 Å². The van der Waals surface area contributed by atoms with Crippen LogP contribution in [0.4, 0.5) is 4.39 Å². The van der Waals surface area contributed by atoms with Crippen LogP contribution in [0.25, 0.3) is 17.3 Å². The lowest BCUT2D eigenvalue weighted by Gasteiger charge is -2.36. The van der Waals surface area contributed by atoms with E-state index in [0.717, 1.165) is 34.8 Å². The van der Waals surface area contributed by atoms with Gasteiger partial charge in [0.25, 0.3) is 5.91 Å². The van der Waals surface area contributed by atoms with Gasteiger partial charge in [0.2, 0.25) is 0 Å². The molecule has 4 rings (SSSR count). The number of aromatic nitrogens is 2. The van der Waals surface area contributed by atoms with Crippen molar-refractivity contribution in [3.8, 4) is 11.3 Å². The second kappa shape index (κ2) is 8.86. The summed E-state index contributed by atoms with van der Waals surface area (Å²) in [6, 6.07) is 6.07. The third-order valence-corrected chi connectivity index (χ3v) is 7.26. The van der Waals surface area contributed by atoms with Gasteiger partial charge in [-0.05, 0) is 62.1 Å². The highest BCUT2D eigenvalue weighted by Gasteiger charge is 2.45. The van der Waals surface area contributed by atoms with E-state index in [0.29, 0.717) is 18.5 Å². The molecule has 0 radical (unpaired) electrons. The average Bonchev–Trinajstić information content (AvgIpc) is 3.43. The summed E-state index contributed by atoms with van der Waals surface area (Å²) in [5, 5.41) is 2.68. The van der Waals surface area contributed by atoms with Crippen molar-refractivity contribution in [3.05, 3.63) is 47.2 Å². The lowest BCUT2D eigenvalue weighted by Crippen LogP contribution is -2.51. The van der Waals surface area contributed by atoms with Gasteiger partial charge in [-0.1, -0.05) is 19.1 Å². The summed E-state index contributed by atoms with van der Waals surface area (Å²) in [5.41, 5.74) is 2.41. The molecule has 1 N–H and O–H groups in total. The highest BCUT2D eigenvalue weighted by Crippen LogP contribution is 2.46. The van der Waals surface area contributed by atoms with E-state index in [9.17, 15) is 4.79 Å². The lowest BCUT2D eigenvalue weighted by molar-refractivity contribution is -0.135. The Balaban J connectivity index is 1.47. The van der Waals surface area contributed by atoms with E-state index >= 15 is 4.39 Å². The number of carbonyl (C=O) groups excluding carboxylic acids is 1. The molecule has 0 bridgehead atoms. The van der Waals surface area contributed by atoms with E-state index in [2.05, 4.69) is 33.8 Å². The maximum absolute atomic E-state index is 15.5. The number of nitrogens with one attached hydrogen (secondary N) is 1. The summed E-state index contributed by atoms with van der Waals surface area (Å²) in [4.78, 5) is 23.5. The number of hydrogen-bond donors (Lipinski definition) is 1. The van der Waals surface area contributed by atoms with Crippen LogP contribution in [0.2, 0.25) is 0 Å². The third kappa shape index (κ3) is 5.08. The Labute approximate surface area is 195 Å². The normalized spacial score (nSPS) is 19.8. The largest absolute Gasteiger partial charge is 0.331 e. The number of aliphatic imine (C=N–C) groups is 1. The Kier molecular flexibility index (Phi) is 6.27. The molecule has 1 aromatic carbocycles. The Morgan fingerprint density at radius 2 is 1.97 bits per heavy atom. The molecule has 33 heavy (non-hydrogen) atoms. The zero-order valence-corrected chi connectivity index (χ0v) is 20.1. The van der Waals surface area contributed by atoms with Crippen LogP contribution in [0, 0.1) is 19.3 Å². The Hall–Kier alpha value is -2.80. The Morgan fingerprint density at radius 1 is 1.27 bits per heavy atom. The quantitative estimate of drug-likeness (QED) is 0.634. The van der Waals surface area contributed by atoms with Crippen LogP contribution in [-0.4, -0.2) is 52.4 Å². The van der Waals surface area contributed by atoms with E-state index in [1.807, 2.05) is 49.9 Å². The van der Waals surface area contributed by atoms with Crippen molar-refractivity contribution >= 4 is 18.7 Å². The minimum absolute atomic E-state index is 0.202. The number of benzene rings is 1. The van der Waals surface area contributed by atoms with Crippen molar-refractivity contribution in [2.45, 2.75) is 52.1 Å². The fourth-order valence-corrected chi connectivity index (χ4v) is 4.43. The van der Waals surface area contributed by atoms with E-state index in [1.54, 1.807) is 6.08 Å². The third-order valence-electron chi connectivity index (χ3n) is 7.26. The molecule has 7 heteroatoms. The number of nitrogens with zero attached hydrogens (tertiary/aromatic N) is 4. The molecule has 1 saturated carbocycles. The number of piperidine rings is 1. The second-order valence-electron chi connectivity index (χ2n) is 10.0. The molecule has 2 fully saturated rings.